The van der Waals surface area contributed by atoms with Gasteiger partial charge in [-0.2, -0.15) is 4.68 Å². The maximum Gasteiger partial charge on any atom is 0.233 e. The van der Waals surface area contributed by atoms with Crippen LogP contribution in [0.3, 0.4) is 0 Å². The molecule has 1 heterocycles. The summed E-state index contributed by atoms with van der Waals surface area (Å²) < 4.78 is 6.95. The zero-order valence-corrected chi connectivity index (χ0v) is 16.3. The van der Waals surface area contributed by atoms with Crippen LogP contribution in [0, 0.1) is 0 Å². The Hall–Kier alpha value is -2.87. The van der Waals surface area contributed by atoms with Crippen molar-refractivity contribution in [1.82, 2.24) is 25.1 Å². The number of tetrazole rings is 1. The lowest BCUT2D eigenvalue weighted by molar-refractivity contribution is -0.128. The maximum absolute atomic E-state index is 12.6. The summed E-state index contributed by atoms with van der Waals surface area (Å²) in [5.74, 6) is 0.905. The summed E-state index contributed by atoms with van der Waals surface area (Å²) in [5.41, 5.74) is 1.82. The maximum atomic E-state index is 12.6. The van der Waals surface area contributed by atoms with E-state index in [4.69, 9.17) is 4.74 Å². The topological polar surface area (TPSA) is 73.1 Å². The third kappa shape index (κ3) is 4.28. The molecule has 0 spiro atoms. The molecule has 7 nitrogen and oxygen atoms in total. The molecule has 0 saturated carbocycles. The average Bonchev–Trinajstić information content (AvgIpc) is 3.19. The van der Waals surface area contributed by atoms with Gasteiger partial charge in [0.25, 0.3) is 0 Å². The molecule has 0 fully saturated rings. The fourth-order valence-corrected chi connectivity index (χ4v) is 3.43. The first-order valence-corrected chi connectivity index (χ1v) is 9.45. The predicted molar refractivity (Wildman–Crippen MR) is 104 cm³/mol. The molecule has 27 heavy (non-hydrogen) atoms. The summed E-state index contributed by atoms with van der Waals surface area (Å²) in [4.78, 5) is 14.4. The lowest BCUT2D eigenvalue weighted by Crippen LogP contribution is -2.31. The molecule has 0 radical (unpaired) electrons. The Balaban J connectivity index is 1.69. The van der Waals surface area contributed by atoms with E-state index in [1.54, 1.807) is 16.7 Å². The number of nitrogens with zero attached hydrogens (tertiary/aromatic N) is 5. The van der Waals surface area contributed by atoms with Crippen molar-refractivity contribution in [3.63, 3.8) is 0 Å². The number of ether oxygens (including phenoxy) is 1. The number of amides is 1. The van der Waals surface area contributed by atoms with Gasteiger partial charge in [-0.1, -0.05) is 54.2 Å². The Morgan fingerprint density at radius 1 is 1.19 bits per heavy atom. The Morgan fingerprint density at radius 3 is 2.63 bits per heavy atom. The van der Waals surface area contributed by atoms with E-state index in [2.05, 4.69) is 15.5 Å². The monoisotopic (exact) mass is 383 g/mol. The molecule has 0 N–H and O–H groups in total. The van der Waals surface area contributed by atoms with Gasteiger partial charge in [-0.15, -0.1) is 5.10 Å². The van der Waals surface area contributed by atoms with Crippen molar-refractivity contribution >= 4 is 17.7 Å². The summed E-state index contributed by atoms with van der Waals surface area (Å²) in [6, 6.07) is 17.4. The number of benzene rings is 2. The third-order valence-electron chi connectivity index (χ3n) is 4.34. The van der Waals surface area contributed by atoms with Crippen LogP contribution in [0.2, 0.25) is 0 Å². The molecule has 3 aromatic rings. The SMILES string of the molecule is COc1ccccc1-n1nnnc1SCC(=O)N(C)C(C)c1ccccc1. The molecule has 1 aromatic heterocycles. The van der Waals surface area contributed by atoms with E-state index in [0.29, 0.717) is 10.9 Å². The van der Waals surface area contributed by atoms with Gasteiger partial charge in [0.2, 0.25) is 11.1 Å². The summed E-state index contributed by atoms with van der Waals surface area (Å²) in [7, 11) is 3.41. The van der Waals surface area contributed by atoms with Gasteiger partial charge in [0, 0.05) is 7.05 Å². The highest BCUT2D eigenvalue weighted by atomic mass is 32.2. The number of rotatable bonds is 7. The first-order valence-electron chi connectivity index (χ1n) is 8.47. The normalized spacial score (nSPS) is 11.8. The number of carbonyl (C=O) groups excluding carboxylic acids is 1. The minimum Gasteiger partial charge on any atom is -0.494 e. The van der Waals surface area contributed by atoms with Crippen molar-refractivity contribution in [1.29, 1.82) is 0 Å². The fourth-order valence-electron chi connectivity index (χ4n) is 2.62. The molecule has 8 heteroatoms. The van der Waals surface area contributed by atoms with Crippen LogP contribution >= 0.6 is 11.8 Å². The third-order valence-corrected chi connectivity index (χ3v) is 5.24. The van der Waals surface area contributed by atoms with Crippen LogP contribution in [0.15, 0.2) is 59.8 Å². The highest BCUT2D eigenvalue weighted by Crippen LogP contribution is 2.26. The zero-order chi connectivity index (χ0) is 19.2. The summed E-state index contributed by atoms with van der Waals surface area (Å²) >= 11 is 1.30. The molecule has 0 aliphatic rings. The predicted octanol–water partition coefficient (Wildman–Crippen LogP) is 2.98. The first-order chi connectivity index (χ1) is 13.1. The van der Waals surface area contributed by atoms with E-state index >= 15 is 0 Å². The van der Waals surface area contributed by atoms with Gasteiger partial charge in [-0.25, -0.2) is 0 Å². The number of carbonyl (C=O) groups is 1. The smallest absolute Gasteiger partial charge is 0.233 e. The second-order valence-electron chi connectivity index (χ2n) is 5.93. The molecule has 0 saturated heterocycles. The van der Waals surface area contributed by atoms with Crippen LogP contribution in [-0.4, -0.2) is 50.9 Å². The molecular formula is C19H21N5O2S. The van der Waals surface area contributed by atoms with Gasteiger partial charge >= 0.3 is 0 Å². The molecule has 1 amide bonds. The fraction of sp³-hybridized carbons (Fsp3) is 0.263. The molecule has 0 aliphatic carbocycles. The van der Waals surface area contributed by atoms with E-state index in [0.717, 1.165) is 11.3 Å². The number of thioether (sulfide) groups is 1. The molecule has 0 aliphatic heterocycles. The molecule has 3 rings (SSSR count). The minimum absolute atomic E-state index is 0.00549. The summed E-state index contributed by atoms with van der Waals surface area (Å²) in [6.07, 6.45) is 0. The van der Waals surface area contributed by atoms with Crippen molar-refractivity contribution in [2.75, 3.05) is 19.9 Å². The van der Waals surface area contributed by atoms with Gasteiger partial charge in [0.15, 0.2) is 0 Å². The Kier molecular flexibility index (Phi) is 6.08. The van der Waals surface area contributed by atoms with Gasteiger partial charge in [-0.3, -0.25) is 4.79 Å². The van der Waals surface area contributed by atoms with Crippen molar-refractivity contribution in [2.24, 2.45) is 0 Å². The Bertz CT molecular complexity index is 900. The van der Waals surface area contributed by atoms with Crippen molar-refractivity contribution in [2.45, 2.75) is 18.1 Å². The number of aromatic nitrogens is 4. The van der Waals surface area contributed by atoms with E-state index in [1.165, 1.54) is 11.8 Å². The van der Waals surface area contributed by atoms with Gasteiger partial charge in [-0.05, 0) is 35.0 Å². The lowest BCUT2D eigenvalue weighted by atomic mass is 10.1. The highest BCUT2D eigenvalue weighted by molar-refractivity contribution is 7.99. The van der Waals surface area contributed by atoms with Crippen LogP contribution in [0.5, 0.6) is 5.75 Å². The number of hydrogen-bond acceptors (Lipinski definition) is 6. The minimum atomic E-state index is -0.00971. The van der Waals surface area contributed by atoms with Crippen LogP contribution in [0.25, 0.3) is 5.69 Å². The summed E-state index contributed by atoms with van der Waals surface area (Å²) in [6.45, 7) is 2.01. The first kappa shape index (κ1) is 18.9. The van der Waals surface area contributed by atoms with E-state index in [1.807, 2.05) is 68.6 Å². The van der Waals surface area contributed by atoms with Gasteiger partial charge in [0.05, 0.1) is 18.9 Å². The Morgan fingerprint density at radius 2 is 1.89 bits per heavy atom. The highest BCUT2D eigenvalue weighted by Gasteiger charge is 2.19. The molecule has 140 valence electrons. The molecule has 2 aromatic carbocycles. The quantitative estimate of drug-likeness (QED) is 0.584. The van der Waals surface area contributed by atoms with Gasteiger partial charge in [0.1, 0.15) is 11.4 Å². The molecule has 1 unspecified atom stereocenters. The van der Waals surface area contributed by atoms with E-state index in [9.17, 15) is 4.79 Å². The van der Waals surface area contributed by atoms with Crippen LogP contribution < -0.4 is 4.74 Å². The van der Waals surface area contributed by atoms with Crippen LogP contribution in [0.1, 0.15) is 18.5 Å². The number of para-hydroxylation sites is 2. The molecular weight excluding hydrogens is 362 g/mol. The zero-order valence-electron chi connectivity index (χ0n) is 15.4. The average molecular weight is 383 g/mol. The number of methoxy groups -OCH3 is 1. The van der Waals surface area contributed by atoms with Crippen LogP contribution in [-0.2, 0) is 4.79 Å². The van der Waals surface area contributed by atoms with Crippen molar-refractivity contribution < 1.29 is 9.53 Å². The number of hydrogen-bond donors (Lipinski definition) is 0. The largest absolute Gasteiger partial charge is 0.494 e. The van der Waals surface area contributed by atoms with E-state index < -0.39 is 0 Å². The van der Waals surface area contributed by atoms with Gasteiger partial charge < -0.3 is 9.64 Å². The van der Waals surface area contributed by atoms with Crippen molar-refractivity contribution in [3.8, 4) is 11.4 Å². The standard InChI is InChI=1S/C19H21N5O2S/c1-14(15-9-5-4-6-10-15)23(2)18(25)13-27-19-20-21-22-24(19)16-11-7-8-12-17(16)26-3/h4-12,14H,13H2,1-3H3. The second kappa shape index (κ2) is 8.68. The lowest BCUT2D eigenvalue weighted by Gasteiger charge is -2.25. The van der Waals surface area contributed by atoms with E-state index in [-0.39, 0.29) is 17.7 Å². The second-order valence-corrected chi connectivity index (χ2v) is 6.87. The molecule has 0 bridgehead atoms. The summed E-state index contributed by atoms with van der Waals surface area (Å²) in [5, 5.41) is 12.3. The molecule has 1 atom stereocenters. The van der Waals surface area contributed by atoms with Crippen molar-refractivity contribution in [3.05, 3.63) is 60.2 Å². The Labute approximate surface area is 162 Å². The van der Waals surface area contributed by atoms with Crippen LogP contribution in [0.4, 0.5) is 0 Å².